The van der Waals surface area contributed by atoms with Crippen LogP contribution in [0, 0.1) is 5.92 Å². The summed E-state index contributed by atoms with van der Waals surface area (Å²) in [6.45, 7) is 6.58. The summed E-state index contributed by atoms with van der Waals surface area (Å²) < 4.78 is 0. The third-order valence-corrected chi connectivity index (χ3v) is 5.62. The molecule has 150 valence electrons. The van der Waals surface area contributed by atoms with Crippen molar-refractivity contribution < 1.29 is 4.79 Å². The van der Waals surface area contributed by atoms with Crippen molar-refractivity contribution in [2.45, 2.75) is 143 Å². The van der Waals surface area contributed by atoms with Gasteiger partial charge < -0.3 is 0 Å². The lowest BCUT2D eigenvalue weighted by molar-refractivity contribution is -0.123. The normalized spacial score (nSPS) is 12.4. The Hall–Kier alpha value is -0.330. The quantitative estimate of drug-likeness (QED) is 0.200. The molecular formula is C24H48O. The van der Waals surface area contributed by atoms with E-state index in [9.17, 15) is 4.79 Å². The van der Waals surface area contributed by atoms with Crippen LogP contribution in [0.5, 0.6) is 0 Å². The monoisotopic (exact) mass is 352 g/mol. The van der Waals surface area contributed by atoms with Crippen LogP contribution in [0.3, 0.4) is 0 Å². The summed E-state index contributed by atoms with van der Waals surface area (Å²) in [5.74, 6) is 0.882. The van der Waals surface area contributed by atoms with Crippen LogP contribution in [0.2, 0.25) is 0 Å². The predicted molar refractivity (Wildman–Crippen MR) is 113 cm³/mol. The van der Waals surface area contributed by atoms with Gasteiger partial charge in [-0.2, -0.15) is 0 Å². The first-order valence-electron chi connectivity index (χ1n) is 11.8. The molecule has 0 aromatic heterocycles. The van der Waals surface area contributed by atoms with E-state index >= 15 is 0 Å². The predicted octanol–water partition coefficient (Wildman–Crippen LogP) is 8.64. The fourth-order valence-corrected chi connectivity index (χ4v) is 3.80. The molecule has 25 heavy (non-hydrogen) atoms. The zero-order chi connectivity index (χ0) is 18.6. The van der Waals surface area contributed by atoms with Crippen molar-refractivity contribution in [3.05, 3.63) is 0 Å². The van der Waals surface area contributed by atoms with E-state index in [-0.39, 0.29) is 0 Å². The first-order valence-corrected chi connectivity index (χ1v) is 11.8. The summed E-state index contributed by atoms with van der Waals surface area (Å²) in [6.07, 6.45) is 24.9. The first-order chi connectivity index (χ1) is 12.3. The van der Waals surface area contributed by atoms with Gasteiger partial charge in [0.15, 0.2) is 0 Å². The molecule has 1 unspecified atom stereocenters. The van der Waals surface area contributed by atoms with Crippen LogP contribution in [0.15, 0.2) is 0 Å². The van der Waals surface area contributed by atoms with Gasteiger partial charge in [0.1, 0.15) is 5.78 Å². The molecule has 0 amide bonds. The molecule has 0 aliphatic heterocycles. The second kappa shape index (κ2) is 20.0. The van der Waals surface area contributed by atoms with Crippen molar-refractivity contribution in [1.82, 2.24) is 0 Å². The van der Waals surface area contributed by atoms with E-state index in [0.717, 1.165) is 19.3 Å². The number of unbranched alkanes of at least 4 members (excludes halogenated alkanes) is 14. The standard InChI is InChI=1S/C24H48O/c1-4-7-9-11-12-13-14-15-16-18-20-22-23(24(25)6-3)21-19-17-10-8-5-2/h23H,4-22H2,1-3H3. The Kier molecular flexibility index (Phi) is 19.7. The topological polar surface area (TPSA) is 17.1 Å². The average Bonchev–Trinajstić information content (AvgIpc) is 2.63. The molecular weight excluding hydrogens is 304 g/mol. The molecule has 0 heterocycles. The fraction of sp³-hybridized carbons (Fsp3) is 0.958. The average molecular weight is 353 g/mol. The van der Waals surface area contributed by atoms with Gasteiger partial charge in [0, 0.05) is 12.3 Å². The molecule has 1 nitrogen and oxygen atoms in total. The molecule has 0 fully saturated rings. The van der Waals surface area contributed by atoms with Crippen molar-refractivity contribution >= 4 is 5.78 Å². The minimum Gasteiger partial charge on any atom is -0.299 e. The van der Waals surface area contributed by atoms with Crippen molar-refractivity contribution in [3.8, 4) is 0 Å². The van der Waals surface area contributed by atoms with E-state index in [2.05, 4.69) is 13.8 Å². The molecule has 0 saturated carbocycles. The second-order valence-electron chi connectivity index (χ2n) is 8.04. The van der Waals surface area contributed by atoms with E-state index in [4.69, 9.17) is 0 Å². The number of ketones is 1. The number of hydrogen-bond donors (Lipinski definition) is 0. The summed E-state index contributed by atoms with van der Waals surface area (Å²) in [7, 11) is 0. The van der Waals surface area contributed by atoms with Crippen LogP contribution in [0.4, 0.5) is 0 Å². The minimum atomic E-state index is 0.366. The van der Waals surface area contributed by atoms with Crippen LogP contribution in [0.1, 0.15) is 143 Å². The van der Waals surface area contributed by atoms with Gasteiger partial charge in [-0.1, -0.05) is 124 Å². The van der Waals surface area contributed by atoms with Crippen molar-refractivity contribution in [3.63, 3.8) is 0 Å². The van der Waals surface area contributed by atoms with E-state index in [1.807, 2.05) is 6.92 Å². The third-order valence-electron chi connectivity index (χ3n) is 5.62. The Bertz CT molecular complexity index is 271. The Morgan fingerprint density at radius 2 is 0.840 bits per heavy atom. The highest BCUT2D eigenvalue weighted by Gasteiger charge is 2.15. The molecule has 0 N–H and O–H groups in total. The van der Waals surface area contributed by atoms with Crippen molar-refractivity contribution in [2.75, 3.05) is 0 Å². The highest BCUT2D eigenvalue weighted by atomic mass is 16.1. The molecule has 0 aliphatic carbocycles. The van der Waals surface area contributed by atoms with E-state index in [1.165, 1.54) is 103 Å². The number of rotatable bonds is 20. The highest BCUT2D eigenvalue weighted by molar-refractivity contribution is 5.80. The smallest absolute Gasteiger partial charge is 0.135 e. The number of carbonyl (C=O) groups is 1. The molecule has 0 rings (SSSR count). The van der Waals surface area contributed by atoms with Gasteiger partial charge in [-0.15, -0.1) is 0 Å². The van der Waals surface area contributed by atoms with Crippen LogP contribution in [-0.2, 0) is 4.79 Å². The SMILES string of the molecule is CCCCCCCCCCCCCC(CCCCCCC)C(=O)CC. The summed E-state index contributed by atoms with van der Waals surface area (Å²) in [5, 5.41) is 0. The Labute approximate surface area is 159 Å². The van der Waals surface area contributed by atoms with Crippen molar-refractivity contribution in [1.29, 1.82) is 0 Å². The minimum absolute atomic E-state index is 0.366. The number of Topliss-reactive ketones (excluding diaryl/α,β-unsaturated/α-hetero) is 1. The summed E-state index contributed by atoms with van der Waals surface area (Å²) in [4.78, 5) is 12.1. The molecule has 0 aromatic rings. The maximum atomic E-state index is 12.1. The lowest BCUT2D eigenvalue weighted by atomic mass is 9.89. The molecule has 0 aliphatic rings. The molecule has 1 heteroatoms. The molecule has 0 spiro atoms. The van der Waals surface area contributed by atoms with Crippen LogP contribution in [0.25, 0.3) is 0 Å². The Morgan fingerprint density at radius 3 is 1.16 bits per heavy atom. The summed E-state index contributed by atoms with van der Waals surface area (Å²) in [5.41, 5.74) is 0. The largest absolute Gasteiger partial charge is 0.299 e. The Morgan fingerprint density at radius 1 is 0.520 bits per heavy atom. The van der Waals surface area contributed by atoms with Crippen LogP contribution >= 0.6 is 0 Å². The maximum absolute atomic E-state index is 12.1. The van der Waals surface area contributed by atoms with Gasteiger partial charge in [0.05, 0.1) is 0 Å². The first kappa shape index (κ1) is 24.7. The number of carbonyl (C=O) groups excluding carboxylic acids is 1. The van der Waals surface area contributed by atoms with Gasteiger partial charge >= 0.3 is 0 Å². The molecule has 0 aromatic carbocycles. The van der Waals surface area contributed by atoms with Gasteiger partial charge in [0.2, 0.25) is 0 Å². The summed E-state index contributed by atoms with van der Waals surface area (Å²) >= 11 is 0. The van der Waals surface area contributed by atoms with Gasteiger partial charge in [-0.05, 0) is 12.8 Å². The molecule has 1 atom stereocenters. The molecule has 0 bridgehead atoms. The lowest BCUT2D eigenvalue weighted by Crippen LogP contribution is -2.13. The molecule has 0 saturated heterocycles. The van der Waals surface area contributed by atoms with Crippen LogP contribution < -0.4 is 0 Å². The molecule has 0 radical (unpaired) electrons. The van der Waals surface area contributed by atoms with Gasteiger partial charge in [-0.25, -0.2) is 0 Å². The zero-order valence-corrected chi connectivity index (χ0v) is 17.9. The lowest BCUT2D eigenvalue weighted by Gasteiger charge is -2.15. The second-order valence-corrected chi connectivity index (χ2v) is 8.04. The highest BCUT2D eigenvalue weighted by Crippen LogP contribution is 2.21. The fourth-order valence-electron chi connectivity index (χ4n) is 3.80. The van der Waals surface area contributed by atoms with Crippen LogP contribution in [-0.4, -0.2) is 5.78 Å². The number of hydrogen-bond acceptors (Lipinski definition) is 1. The van der Waals surface area contributed by atoms with Gasteiger partial charge in [0.25, 0.3) is 0 Å². The maximum Gasteiger partial charge on any atom is 0.135 e. The Balaban J connectivity index is 3.56. The van der Waals surface area contributed by atoms with E-state index in [1.54, 1.807) is 0 Å². The van der Waals surface area contributed by atoms with Gasteiger partial charge in [-0.3, -0.25) is 4.79 Å². The zero-order valence-electron chi connectivity index (χ0n) is 17.9. The van der Waals surface area contributed by atoms with Crippen molar-refractivity contribution in [2.24, 2.45) is 5.92 Å². The van der Waals surface area contributed by atoms with E-state index < -0.39 is 0 Å². The van der Waals surface area contributed by atoms with E-state index in [0.29, 0.717) is 11.7 Å². The summed E-state index contributed by atoms with van der Waals surface area (Å²) in [6, 6.07) is 0. The third kappa shape index (κ3) is 16.9.